The number of nitrogens with two attached hydrogens (primary N) is 2. The monoisotopic (exact) mass is 230 g/mol. The molecule has 0 aliphatic carbocycles. The molecule has 86 valence electrons. The second-order valence-electron chi connectivity index (χ2n) is 3.92. The smallest absolute Gasteiger partial charge is 0.142 e. The van der Waals surface area contributed by atoms with E-state index < -0.39 is 0 Å². The Morgan fingerprint density at radius 1 is 0.765 bits per heavy atom. The molecule has 0 atom stereocenters. The van der Waals surface area contributed by atoms with Crippen LogP contribution in [0.5, 0.6) is 11.5 Å². The number of phenols is 2. The van der Waals surface area contributed by atoms with Crippen LogP contribution in [0, 0.1) is 0 Å². The maximum absolute atomic E-state index is 9.49. The third-order valence-corrected chi connectivity index (χ3v) is 2.77. The number of aromatic hydroxyl groups is 2. The van der Waals surface area contributed by atoms with Gasteiger partial charge < -0.3 is 26.1 Å². The zero-order valence-electron chi connectivity index (χ0n) is 8.77. The lowest BCUT2D eigenvalue weighted by Gasteiger charge is -1.98. The number of furan rings is 1. The Bertz CT molecular complexity index is 684. The normalized spacial score (nSPS) is 11.3. The van der Waals surface area contributed by atoms with Gasteiger partial charge >= 0.3 is 0 Å². The van der Waals surface area contributed by atoms with E-state index in [1.807, 2.05) is 0 Å². The van der Waals surface area contributed by atoms with Crippen LogP contribution in [0.3, 0.4) is 0 Å². The van der Waals surface area contributed by atoms with Gasteiger partial charge in [-0.15, -0.1) is 0 Å². The summed E-state index contributed by atoms with van der Waals surface area (Å²) in [6, 6.07) is 6.12. The fourth-order valence-corrected chi connectivity index (χ4v) is 1.88. The molecule has 5 heteroatoms. The van der Waals surface area contributed by atoms with Crippen LogP contribution >= 0.6 is 0 Å². The average molecular weight is 230 g/mol. The van der Waals surface area contributed by atoms with Gasteiger partial charge in [0.05, 0.1) is 11.4 Å². The first-order chi connectivity index (χ1) is 8.06. The standard InChI is InChI=1S/C12H10N2O3/c13-7-1-5-6-2-8(14)10(16)4-12(6)17-11(5)3-9(7)15/h1-4,15-16H,13-14H2. The summed E-state index contributed by atoms with van der Waals surface area (Å²) in [5, 5.41) is 20.5. The van der Waals surface area contributed by atoms with Gasteiger partial charge in [-0.05, 0) is 12.1 Å². The fourth-order valence-electron chi connectivity index (χ4n) is 1.88. The molecule has 0 unspecified atom stereocenters. The van der Waals surface area contributed by atoms with E-state index in [4.69, 9.17) is 15.9 Å². The molecule has 0 bridgehead atoms. The lowest BCUT2D eigenvalue weighted by Crippen LogP contribution is -1.85. The first kappa shape index (κ1) is 9.65. The van der Waals surface area contributed by atoms with Crippen molar-refractivity contribution in [3.05, 3.63) is 24.3 Å². The minimum absolute atomic E-state index is 0.0336. The van der Waals surface area contributed by atoms with E-state index in [2.05, 4.69) is 0 Å². The number of phenolic OH excluding ortho intramolecular Hbond substituents is 2. The molecular formula is C12H10N2O3. The number of fused-ring (bicyclic) bond motifs is 3. The second-order valence-corrected chi connectivity index (χ2v) is 3.92. The van der Waals surface area contributed by atoms with Gasteiger partial charge in [0.2, 0.25) is 0 Å². The maximum Gasteiger partial charge on any atom is 0.142 e. The van der Waals surface area contributed by atoms with Crippen molar-refractivity contribution in [2.45, 2.75) is 0 Å². The number of anilines is 2. The molecule has 1 aromatic heterocycles. The van der Waals surface area contributed by atoms with Crippen LogP contribution in [0.2, 0.25) is 0 Å². The molecule has 0 amide bonds. The van der Waals surface area contributed by atoms with Crippen LogP contribution in [-0.2, 0) is 0 Å². The first-order valence-electron chi connectivity index (χ1n) is 4.99. The maximum atomic E-state index is 9.49. The van der Waals surface area contributed by atoms with E-state index in [0.717, 1.165) is 10.8 Å². The van der Waals surface area contributed by atoms with Crippen LogP contribution in [0.25, 0.3) is 21.9 Å². The molecule has 3 rings (SSSR count). The summed E-state index contributed by atoms with van der Waals surface area (Å²) in [7, 11) is 0. The fraction of sp³-hybridized carbons (Fsp3) is 0. The Morgan fingerprint density at radius 2 is 1.18 bits per heavy atom. The average Bonchev–Trinajstić information content (AvgIpc) is 2.58. The van der Waals surface area contributed by atoms with Crippen LogP contribution in [0.15, 0.2) is 28.7 Å². The summed E-state index contributed by atoms with van der Waals surface area (Å²) < 4.78 is 5.49. The predicted octanol–water partition coefficient (Wildman–Crippen LogP) is 2.16. The highest BCUT2D eigenvalue weighted by Gasteiger charge is 2.12. The Kier molecular flexibility index (Phi) is 1.69. The van der Waals surface area contributed by atoms with Gasteiger partial charge in [-0.2, -0.15) is 0 Å². The molecule has 17 heavy (non-hydrogen) atoms. The number of hydrogen-bond acceptors (Lipinski definition) is 5. The number of rotatable bonds is 0. The molecule has 3 aromatic rings. The largest absolute Gasteiger partial charge is 0.506 e. The van der Waals surface area contributed by atoms with Crippen molar-refractivity contribution in [2.75, 3.05) is 11.5 Å². The first-order valence-corrected chi connectivity index (χ1v) is 4.99. The number of hydrogen-bond donors (Lipinski definition) is 4. The summed E-state index contributed by atoms with van der Waals surface area (Å²) >= 11 is 0. The zero-order chi connectivity index (χ0) is 12.2. The highest BCUT2D eigenvalue weighted by Crippen LogP contribution is 2.37. The van der Waals surface area contributed by atoms with Gasteiger partial charge in [-0.25, -0.2) is 0 Å². The third-order valence-electron chi connectivity index (χ3n) is 2.77. The Balaban J connectivity index is 2.51. The molecule has 0 saturated heterocycles. The van der Waals surface area contributed by atoms with Crippen molar-refractivity contribution < 1.29 is 14.6 Å². The van der Waals surface area contributed by atoms with Gasteiger partial charge in [0.25, 0.3) is 0 Å². The Hall–Kier alpha value is -2.56. The van der Waals surface area contributed by atoms with Gasteiger partial charge in [-0.1, -0.05) is 0 Å². The molecular weight excluding hydrogens is 220 g/mol. The molecule has 0 spiro atoms. The Labute approximate surface area is 95.9 Å². The van der Waals surface area contributed by atoms with Crippen molar-refractivity contribution in [1.82, 2.24) is 0 Å². The topological polar surface area (TPSA) is 106 Å². The van der Waals surface area contributed by atoms with E-state index in [9.17, 15) is 10.2 Å². The van der Waals surface area contributed by atoms with Crippen molar-refractivity contribution in [2.24, 2.45) is 0 Å². The van der Waals surface area contributed by atoms with Crippen LogP contribution in [0.1, 0.15) is 0 Å². The van der Waals surface area contributed by atoms with E-state index in [0.29, 0.717) is 11.2 Å². The summed E-state index contributed by atoms with van der Waals surface area (Å²) in [6.07, 6.45) is 0. The molecule has 6 N–H and O–H groups in total. The molecule has 5 nitrogen and oxygen atoms in total. The quantitative estimate of drug-likeness (QED) is 0.350. The van der Waals surface area contributed by atoms with Crippen LogP contribution in [0.4, 0.5) is 11.4 Å². The number of nitrogen functional groups attached to an aromatic ring is 2. The predicted molar refractivity (Wildman–Crippen MR) is 65.9 cm³/mol. The van der Waals surface area contributed by atoms with Gasteiger partial charge in [0.1, 0.15) is 22.7 Å². The Morgan fingerprint density at radius 3 is 1.59 bits per heavy atom. The summed E-state index contributed by atoms with van der Waals surface area (Å²) in [5.41, 5.74) is 12.8. The lowest BCUT2D eigenvalue weighted by molar-refractivity contribution is 0.476. The molecule has 0 fully saturated rings. The van der Waals surface area contributed by atoms with Crippen molar-refractivity contribution >= 4 is 33.3 Å². The number of benzene rings is 2. The highest BCUT2D eigenvalue weighted by atomic mass is 16.3. The van der Waals surface area contributed by atoms with E-state index in [1.54, 1.807) is 12.1 Å². The van der Waals surface area contributed by atoms with Gasteiger partial charge in [0.15, 0.2) is 0 Å². The molecule has 1 heterocycles. The van der Waals surface area contributed by atoms with Gasteiger partial charge in [0, 0.05) is 22.9 Å². The lowest BCUT2D eigenvalue weighted by atomic mass is 10.1. The van der Waals surface area contributed by atoms with Crippen molar-refractivity contribution in [3.8, 4) is 11.5 Å². The molecule has 0 radical (unpaired) electrons. The van der Waals surface area contributed by atoms with E-state index in [-0.39, 0.29) is 22.9 Å². The van der Waals surface area contributed by atoms with Crippen LogP contribution in [-0.4, -0.2) is 10.2 Å². The van der Waals surface area contributed by atoms with Crippen molar-refractivity contribution in [3.63, 3.8) is 0 Å². The summed E-state index contributed by atoms with van der Waals surface area (Å²) in [5.74, 6) is -0.0671. The second kappa shape index (κ2) is 2.98. The van der Waals surface area contributed by atoms with E-state index in [1.165, 1.54) is 12.1 Å². The van der Waals surface area contributed by atoms with E-state index >= 15 is 0 Å². The minimum Gasteiger partial charge on any atom is -0.506 e. The van der Waals surface area contributed by atoms with Gasteiger partial charge in [-0.3, -0.25) is 0 Å². The highest BCUT2D eigenvalue weighted by molar-refractivity contribution is 6.08. The summed E-state index contributed by atoms with van der Waals surface area (Å²) in [4.78, 5) is 0. The van der Waals surface area contributed by atoms with Crippen molar-refractivity contribution in [1.29, 1.82) is 0 Å². The third kappa shape index (κ3) is 1.25. The van der Waals surface area contributed by atoms with Crippen LogP contribution < -0.4 is 11.5 Å². The minimum atomic E-state index is -0.0336. The SMILES string of the molecule is Nc1cc2c(cc1O)oc1cc(O)c(N)cc12. The zero-order valence-corrected chi connectivity index (χ0v) is 8.77. The molecule has 0 aliphatic rings. The summed E-state index contributed by atoms with van der Waals surface area (Å²) in [6.45, 7) is 0. The molecule has 2 aromatic carbocycles. The molecule has 0 saturated carbocycles. The molecule has 0 aliphatic heterocycles.